The second-order valence-corrected chi connectivity index (χ2v) is 5.59. The third-order valence-corrected chi connectivity index (χ3v) is 4.43. The fraction of sp³-hybridized carbons (Fsp3) is 0.400. The van der Waals surface area contributed by atoms with Crippen molar-refractivity contribution in [2.45, 2.75) is 4.90 Å². The van der Waals surface area contributed by atoms with Crippen LogP contribution in [0.25, 0.3) is 0 Å². The topological polar surface area (TPSA) is 69.6 Å². The molecular formula is C10H15ClN2O3S. The first-order chi connectivity index (χ1) is 7.60. The molecular weight excluding hydrogens is 264 g/mol. The van der Waals surface area contributed by atoms with Crippen molar-refractivity contribution in [2.24, 2.45) is 0 Å². The van der Waals surface area contributed by atoms with E-state index in [1.165, 1.54) is 28.6 Å². The van der Waals surface area contributed by atoms with Crippen LogP contribution in [0.1, 0.15) is 0 Å². The van der Waals surface area contributed by atoms with E-state index in [1.54, 1.807) is 0 Å². The monoisotopic (exact) mass is 278 g/mol. The summed E-state index contributed by atoms with van der Waals surface area (Å²) in [5.74, 6) is -0.0313. The summed E-state index contributed by atoms with van der Waals surface area (Å²) in [5.41, 5.74) is 0. The first kappa shape index (κ1) is 14.2. The van der Waals surface area contributed by atoms with Crippen LogP contribution in [-0.2, 0) is 10.0 Å². The maximum Gasteiger partial charge on any atom is 0.243 e. The Morgan fingerprint density at radius 1 is 1.24 bits per heavy atom. The summed E-state index contributed by atoms with van der Waals surface area (Å²) in [6.07, 6.45) is 0. The van der Waals surface area contributed by atoms with Gasteiger partial charge in [-0.1, -0.05) is 6.07 Å². The highest BCUT2D eigenvalue weighted by molar-refractivity contribution is 7.89. The molecule has 0 bridgehead atoms. The number of nitrogens with zero attached hydrogens (tertiary/aromatic N) is 1. The van der Waals surface area contributed by atoms with Gasteiger partial charge in [0, 0.05) is 26.2 Å². The molecule has 0 aromatic heterocycles. The number of benzene rings is 1. The van der Waals surface area contributed by atoms with Crippen molar-refractivity contribution in [2.75, 3.05) is 26.2 Å². The second kappa shape index (κ2) is 5.68. The molecule has 0 spiro atoms. The van der Waals surface area contributed by atoms with Crippen LogP contribution in [0.5, 0.6) is 5.75 Å². The molecule has 2 rings (SSSR count). The van der Waals surface area contributed by atoms with E-state index >= 15 is 0 Å². The number of aromatic hydroxyl groups is 1. The molecule has 5 nitrogen and oxygen atoms in total. The lowest BCUT2D eigenvalue weighted by molar-refractivity contribution is 0.360. The molecule has 0 radical (unpaired) electrons. The third-order valence-electron chi connectivity index (χ3n) is 2.53. The van der Waals surface area contributed by atoms with Gasteiger partial charge in [0.25, 0.3) is 0 Å². The highest BCUT2D eigenvalue weighted by Crippen LogP contribution is 2.20. The van der Waals surface area contributed by atoms with Gasteiger partial charge in [-0.15, -0.1) is 12.4 Å². The van der Waals surface area contributed by atoms with Crippen LogP contribution in [0.3, 0.4) is 0 Å². The van der Waals surface area contributed by atoms with Crippen LogP contribution in [0, 0.1) is 0 Å². The van der Waals surface area contributed by atoms with Crippen LogP contribution < -0.4 is 5.32 Å². The lowest BCUT2D eigenvalue weighted by atomic mass is 10.3. The van der Waals surface area contributed by atoms with Gasteiger partial charge in [-0.25, -0.2) is 8.42 Å². The number of hydrogen-bond acceptors (Lipinski definition) is 4. The average molecular weight is 279 g/mol. The molecule has 0 unspecified atom stereocenters. The predicted molar refractivity (Wildman–Crippen MR) is 67.0 cm³/mol. The van der Waals surface area contributed by atoms with Gasteiger partial charge in [0.15, 0.2) is 0 Å². The van der Waals surface area contributed by atoms with E-state index in [4.69, 9.17) is 0 Å². The highest BCUT2D eigenvalue weighted by atomic mass is 35.5. The van der Waals surface area contributed by atoms with Gasteiger partial charge in [0.05, 0.1) is 4.90 Å². The Morgan fingerprint density at radius 2 is 1.88 bits per heavy atom. The average Bonchev–Trinajstić information content (AvgIpc) is 2.30. The molecule has 0 aliphatic carbocycles. The summed E-state index contributed by atoms with van der Waals surface area (Å²) >= 11 is 0. The number of halogens is 1. The Labute approximate surface area is 107 Å². The fourth-order valence-electron chi connectivity index (χ4n) is 1.68. The molecule has 1 fully saturated rings. The molecule has 1 aromatic carbocycles. The molecule has 0 atom stereocenters. The number of sulfonamides is 1. The summed E-state index contributed by atoms with van der Waals surface area (Å²) in [5, 5.41) is 12.4. The number of phenols is 1. The van der Waals surface area contributed by atoms with Crippen molar-refractivity contribution in [1.82, 2.24) is 9.62 Å². The molecule has 1 heterocycles. The number of piperazine rings is 1. The molecule has 0 saturated carbocycles. The molecule has 1 saturated heterocycles. The van der Waals surface area contributed by atoms with E-state index in [-0.39, 0.29) is 23.1 Å². The van der Waals surface area contributed by atoms with Crippen LogP contribution in [0.15, 0.2) is 29.2 Å². The van der Waals surface area contributed by atoms with E-state index in [0.29, 0.717) is 26.2 Å². The minimum absolute atomic E-state index is 0. The molecule has 1 aliphatic rings. The van der Waals surface area contributed by atoms with Gasteiger partial charge >= 0.3 is 0 Å². The van der Waals surface area contributed by atoms with Crippen LogP contribution in [0.2, 0.25) is 0 Å². The normalized spacial score (nSPS) is 17.4. The molecule has 17 heavy (non-hydrogen) atoms. The van der Waals surface area contributed by atoms with Gasteiger partial charge in [-0.2, -0.15) is 4.31 Å². The van der Waals surface area contributed by atoms with Gasteiger partial charge < -0.3 is 10.4 Å². The molecule has 96 valence electrons. The van der Waals surface area contributed by atoms with Crippen molar-refractivity contribution < 1.29 is 13.5 Å². The van der Waals surface area contributed by atoms with E-state index in [9.17, 15) is 13.5 Å². The summed E-state index contributed by atoms with van der Waals surface area (Å²) in [6.45, 7) is 2.27. The maximum atomic E-state index is 12.1. The van der Waals surface area contributed by atoms with Crippen LogP contribution in [-0.4, -0.2) is 44.0 Å². The smallest absolute Gasteiger partial charge is 0.243 e. The minimum atomic E-state index is -3.45. The fourth-order valence-corrected chi connectivity index (χ4v) is 3.16. The van der Waals surface area contributed by atoms with Gasteiger partial charge in [0.1, 0.15) is 5.75 Å². The van der Waals surface area contributed by atoms with Crippen molar-refractivity contribution in [3.05, 3.63) is 24.3 Å². The maximum absolute atomic E-state index is 12.1. The van der Waals surface area contributed by atoms with E-state index in [1.807, 2.05) is 0 Å². The number of phenolic OH excluding ortho intramolecular Hbond substituents is 1. The van der Waals surface area contributed by atoms with Gasteiger partial charge in [-0.3, -0.25) is 0 Å². The van der Waals surface area contributed by atoms with E-state index in [0.717, 1.165) is 0 Å². The second-order valence-electron chi connectivity index (χ2n) is 3.65. The minimum Gasteiger partial charge on any atom is -0.508 e. The molecule has 0 amide bonds. The quantitative estimate of drug-likeness (QED) is 0.822. The highest BCUT2D eigenvalue weighted by Gasteiger charge is 2.25. The summed E-state index contributed by atoms with van der Waals surface area (Å²) in [7, 11) is -3.45. The first-order valence-electron chi connectivity index (χ1n) is 5.10. The van der Waals surface area contributed by atoms with Crippen LogP contribution in [0.4, 0.5) is 0 Å². The third kappa shape index (κ3) is 3.10. The van der Waals surface area contributed by atoms with Crippen molar-refractivity contribution in [3.8, 4) is 5.75 Å². The summed E-state index contributed by atoms with van der Waals surface area (Å²) in [4.78, 5) is 0.148. The molecule has 7 heteroatoms. The number of rotatable bonds is 2. The number of hydrogen-bond donors (Lipinski definition) is 2. The Balaban J connectivity index is 0.00000144. The van der Waals surface area contributed by atoms with Gasteiger partial charge in [-0.05, 0) is 18.2 Å². The zero-order chi connectivity index (χ0) is 11.6. The zero-order valence-corrected chi connectivity index (χ0v) is 10.8. The Kier molecular flexibility index (Phi) is 4.76. The van der Waals surface area contributed by atoms with E-state index in [2.05, 4.69) is 5.32 Å². The Bertz CT molecular complexity index is 472. The largest absolute Gasteiger partial charge is 0.508 e. The van der Waals surface area contributed by atoms with Crippen molar-refractivity contribution >= 4 is 22.4 Å². The SMILES string of the molecule is Cl.O=S(=O)(c1cccc(O)c1)N1CCNCC1. The number of nitrogens with one attached hydrogen (secondary N) is 1. The predicted octanol–water partition coefficient (Wildman–Crippen LogP) is 0.408. The zero-order valence-electron chi connectivity index (χ0n) is 9.17. The summed E-state index contributed by atoms with van der Waals surface area (Å²) < 4.78 is 25.7. The lowest BCUT2D eigenvalue weighted by Gasteiger charge is -2.26. The van der Waals surface area contributed by atoms with Crippen molar-refractivity contribution in [1.29, 1.82) is 0 Å². The van der Waals surface area contributed by atoms with Crippen LogP contribution >= 0.6 is 12.4 Å². The van der Waals surface area contributed by atoms with E-state index < -0.39 is 10.0 Å². The molecule has 1 aliphatic heterocycles. The Morgan fingerprint density at radius 3 is 2.47 bits per heavy atom. The summed E-state index contributed by atoms with van der Waals surface area (Å²) in [6, 6.07) is 5.76. The first-order valence-corrected chi connectivity index (χ1v) is 6.54. The molecule has 2 N–H and O–H groups in total. The van der Waals surface area contributed by atoms with Crippen molar-refractivity contribution in [3.63, 3.8) is 0 Å². The Hall–Kier alpha value is -0.820. The standard InChI is InChI=1S/C10H14N2O3S.ClH/c13-9-2-1-3-10(8-9)16(14,15)12-6-4-11-5-7-12;/h1-3,8,11,13H,4-7H2;1H. The van der Waals surface area contributed by atoms with Gasteiger partial charge in [0.2, 0.25) is 10.0 Å². The molecule has 1 aromatic rings. The lowest BCUT2D eigenvalue weighted by Crippen LogP contribution is -2.46.